The molecule has 0 saturated carbocycles. The Hall–Kier alpha value is -4.17. The van der Waals surface area contributed by atoms with Crippen LogP contribution in [0.25, 0.3) is 11.1 Å². The zero-order valence-electron chi connectivity index (χ0n) is 21.7. The molecule has 2 atom stereocenters. The highest BCUT2D eigenvalue weighted by Gasteiger charge is 2.31. The van der Waals surface area contributed by atoms with Gasteiger partial charge in [0.25, 0.3) is 0 Å². The third-order valence-electron chi connectivity index (χ3n) is 7.43. The highest BCUT2D eigenvalue weighted by Crippen LogP contribution is 2.44. The Morgan fingerprint density at radius 1 is 0.923 bits per heavy atom. The lowest BCUT2D eigenvalue weighted by Gasteiger charge is -2.34. The molecule has 202 valence electrons. The Morgan fingerprint density at radius 2 is 1.56 bits per heavy atom. The van der Waals surface area contributed by atoms with Crippen LogP contribution in [0.4, 0.5) is 4.79 Å². The van der Waals surface area contributed by atoms with Crippen LogP contribution in [-0.2, 0) is 20.9 Å². The molecular formula is C31H33N3O5. The Labute approximate surface area is 228 Å². The van der Waals surface area contributed by atoms with Gasteiger partial charge in [0.2, 0.25) is 5.91 Å². The number of hydrogen-bond donors (Lipinski definition) is 3. The van der Waals surface area contributed by atoms with E-state index in [-0.39, 0.29) is 18.6 Å². The van der Waals surface area contributed by atoms with E-state index < -0.39 is 30.4 Å². The van der Waals surface area contributed by atoms with Crippen LogP contribution < -0.4 is 10.6 Å². The second-order valence-corrected chi connectivity index (χ2v) is 10.2. The second-order valence-electron chi connectivity index (χ2n) is 10.2. The lowest BCUT2D eigenvalue weighted by Crippen LogP contribution is -2.54. The number of carboxylic acids is 1. The summed E-state index contributed by atoms with van der Waals surface area (Å²) < 4.78 is 5.54. The van der Waals surface area contributed by atoms with Crippen molar-refractivity contribution in [2.45, 2.75) is 43.8 Å². The summed E-state index contributed by atoms with van der Waals surface area (Å²) in [5.74, 6) is -1.83. The first-order chi connectivity index (χ1) is 19.0. The number of benzene rings is 3. The normalized spacial score (nSPS) is 17.5. The largest absolute Gasteiger partial charge is 0.481 e. The van der Waals surface area contributed by atoms with Crippen molar-refractivity contribution < 1.29 is 24.2 Å². The molecule has 8 nitrogen and oxygen atoms in total. The maximum atomic E-state index is 13.1. The Morgan fingerprint density at radius 3 is 2.23 bits per heavy atom. The smallest absolute Gasteiger partial charge is 0.407 e. The van der Waals surface area contributed by atoms with E-state index in [9.17, 15) is 19.5 Å². The maximum absolute atomic E-state index is 13.1. The SMILES string of the molecule is O=C(O)CC(NC(=O)OCC1c2ccccc2-c2ccccc21)C(=O)NC1CCCN(Cc2ccccc2)C1. The highest BCUT2D eigenvalue weighted by atomic mass is 16.5. The second kappa shape index (κ2) is 12.1. The molecule has 2 amide bonds. The number of likely N-dealkylation sites (tertiary alicyclic amines) is 1. The summed E-state index contributed by atoms with van der Waals surface area (Å²) in [7, 11) is 0. The summed E-state index contributed by atoms with van der Waals surface area (Å²) in [6.45, 7) is 2.45. The van der Waals surface area contributed by atoms with Crippen LogP contribution in [-0.4, -0.2) is 59.8 Å². The van der Waals surface area contributed by atoms with Gasteiger partial charge in [-0.15, -0.1) is 0 Å². The van der Waals surface area contributed by atoms with E-state index in [1.807, 2.05) is 66.7 Å². The molecule has 39 heavy (non-hydrogen) atoms. The van der Waals surface area contributed by atoms with Gasteiger partial charge in [-0.3, -0.25) is 14.5 Å². The quantitative estimate of drug-likeness (QED) is 0.386. The minimum absolute atomic E-state index is 0.0817. The van der Waals surface area contributed by atoms with Crippen LogP contribution in [0.1, 0.15) is 41.9 Å². The monoisotopic (exact) mass is 527 g/mol. The number of nitrogens with one attached hydrogen (secondary N) is 2. The van der Waals surface area contributed by atoms with Crippen LogP contribution in [0.2, 0.25) is 0 Å². The number of carboxylic acid groups (broad SMARTS) is 1. The van der Waals surface area contributed by atoms with E-state index >= 15 is 0 Å². The van der Waals surface area contributed by atoms with Crippen molar-refractivity contribution in [1.82, 2.24) is 15.5 Å². The number of amides is 2. The summed E-state index contributed by atoms with van der Waals surface area (Å²) in [6.07, 6.45) is 0.368. The average molecular weight is 528 g/mol. The molecule has 0 bridgehead atoms. The minimum Gasteiger partial charge on any atom is -0.481 e. The fourth-order valence-corrected chi connectivity index (χ4v) is 5.63. The van der Waals surface area contributed by atoms with E-state index in [1.165, 1.54) is 5.56 Å². The number of ether oxygens (including phenoxy) is 1. The molecule has 1 fully saturated rings. The summed E-state index contributed by atoms with van der Waals surface area (Å²) in [5.41, 5.74) is 5.57. The van der Waals surface area contributed by atoms with Gasteiger partial charge < -0.3 is 20.5 Å². The highest BCUT2D eigenvalue weighted by molar-refractivity contribution is 5.89. The Kier molecular flexibility index (Phi) is 8.22. The first-order valence-electron chi connectivity index (χ1n) is 13.4. The summed E-state index contributed by atoms with van der Waals surface area (Å²) in [5, 5.41) is 14.8. The predicted molar refractivity (Wildman–Crippen MR) is 147 cm³/mol. The van der Waals surface area contributed by atoms with Crippen LogP contribution >= 0.6 is 0 Å². The van der Waals surface area contributed by atoms with Crippen LogP contribution in [0, 0.1) is 0 Å². The summed E-state index contributed by atoms with van der Waals surface area (Å²) in [6, 6.07) is 24.8. The molecule has 2 aliphatic rings. The van der Waals surface area contributed by atoms with E-state index in [4.69, 9.17) is 4.74 Å². The van der Waals surface area contributed by atoms with Gasteiger partial charge in [0, 0.05) is 25.0 Å². The molecule has 1 aliphatic heterocycles. The van der Waals surface area contributed by atoms with Gasteiger partial charge in [0.05, 0.1) is 6.42 Å². The van der Waals surface area contributed by atoms with Crippen molar-refractivity contribution in [2.24, 2.45) is 0 Å². The Bertz CT molecular complexity index is 1280. The molecule has 3 N–H and O–H groups in total. The van der Waals surface area contributed by atoms with Gasteiger partial charge in [-0.05, 0) is 47.2 Å². The number of fused-ring (bicyclic) bond motifs is 3. The lowest BCUT2D eigenvalue weighted by atomic mass is 9.98. The molecular weight excluding hydrogens is 494 g/mol. The van der Waals surface area contributed by atoms with Crippen molar-refractivity contribution in [2.75, 3.05) is 19.7 Å². The van der Waals surface area contributed by atoms with Crippen molar-refractivity contribution in [1.29, 1.82) is 0 Å². The molecule has 5 rings (SSSR count). The zero-order valence-corrected chi connectivity index (χ0v) is 21.7. The third kappa shape index (κ3) is 6.46. The molecule has 3 aromatic rings. The predicted octanol–water partition coefficient (Wildman–Crippen LogP) is 4.15. The van der Waals surface area contributed by atoms with Crippen molar-refractivity contribution >= 4 is 18.0 Å². The van der Waals surface area contributed by atoms with E-state index in [2.05, 4.69) is 27.7 Å². The molecule has 1 aliphatic carbocycles. The molecule has 8 heteroatoms. The summed E-state index contributed by atoms with van der Waals surface area (Å²) >= 11 is 0. The van der Waals surface area contributed by atoms with Crippen LogP contribution in [0.5, 0.6) is 0 Å². The third-order valence-corrected chi connectivity index (χ3v) is 7.43. The van der Waals surface area contributed by atoms with Gasteiger partial charge in [-0.1, -0.05) is 78.9 Å². The number of alkyl carbamates (subject to hydrolysis) is 1. The topological polar surface area (TPSA) is 108 Å². The van der Waals surface area contributed by atoms with E-state index in [0.717, 1.165) is 48.2 Å². The fourth-order valence-electron chi connectivity index (χ4n) is 5.63. The first kappa shape index (κ1) is 26.4. The van der Waals surface area contributed by atoms with Crippen molar-refractivity contribution in [3.63, 3.8) is 0 Å². The number of piperidine rings is 1. The van der Waals surface area contributed by atoms with Gasteiger partial charge >= 0.3 is 12.1 Å². The maximum Gasteiger partial charge on any atom is 0.407 e. The summed E-state index contributed by atoms with van der Waals surface area (Å²) in [4.78, 5) is 39.6. The average Bonchev–Trinajstić information content (AvgIpc) is 3.26. The molecule has 1 saturated heterocycles. The van der Waals surface area contributed by atoms with Gasteiger partial charge in [0.15, 0.2) is 0 Å². The number of hydrogen-bond acceptors (Lipinski definition) is 5. The van der Waals surface area contributed by atoms with Crippen molar-refractivity contribution in [3.05, 3.63) is 95.6 Å². The molecule has 0 spiro atoms. The standard InChI is InChI=1S/C31H33N3O5/c35-29(36)17-28(30(37)32-22-11-8-16-34(19-22)18-21-9-2-1-3-10-21)33-31(38)39-20-27-25-14-6-4-12-23(25)24-13-5-7-15-26(24)27/h1-7,9-10,12-15,22,27-28H,8,11,16-20H2,(H,32,37)(H,33,38)(H,35,36). The molecule has 3 aromatic carbocycles. The van der Waals surface area contributed by atoms with Crippen LogP contribution in [0.15, 0.2) is 78.9 Å². The molecule has 0 aromatic heterocycles. The van der Waals surface area contributed by atoms with E-state index in [0.29, 0.717) is 6.54 Å². The minimum atomic E-state index is -1.23. The number of carbonyl (C=O) groups is 3. The van der Waals surface area contributed by atoms with Crippen LogP contribution in [0.3, 0.4) is 0 Å². The molecule has 1 heterocycles. The lowest BCUT2D eigenvalue weighted by molar-refractivity contribution is -0.140. The number of carbonyl (C=O) groups excluding carboxylic acids is 2. The van der Waals surface area contributed by atoms with Gasteiger partial charge in [-0.25, -0.2) is 4.79 Å². The molecule has 2 unspecified atom stereocenters. The van der Waals surface area contributed by atoms with Gasteiger partial charge in [-0.2, -0.15) is 0 Å². The van der Waals surface area contributed by atoms with E-state index in [1.54, 1.807) is 0 Å². The molecule has 0 radical (unpaired) electrons. The zero-order chi connectivity index (χ0) is 27.2. The fraction of sp³-hybridized carbons (Fsp3) is 0.323. The number of rotatable bonds is 9. The Balaban J connectivity index is 1.18. The first-order valence-corrected chi connectivity index (χ1v) is 13.4. The number of nitrogens with zero attached hydrogens (tertiary/aromatic N) is 1. The van der Waals surface area contributed by atoms with Gasteiger partial charge in [0.1, 0.15) is 12.6 Å². The number of aliphatic carboxylic acids is 1. The van der Waals surface area contributed by atoms with Crippen molar-refractivity contribution in [3.8, 4) is 11.1 Å².